The number of anilines is 1. The fraction of sp³-hybridized carbons (Fsp3) is 0.500. The van der Waals surface area contributed by atoms with E-state index < -0.39 is 42.9 Å². The van der Waals surface area contributed by atoms with E-state index in [1.165, 1.54) is 14.0 Å². The van der Waals surface area contributed by atoms with E-state index in [4.69, 9.17) is 20.4 Å². The van der Waals surface area contributed by atoms with Gasteiger partial charge in [0.25, 0.3) is 5.91 Å². The van der Waals surface area contributed by atoms with Gasteiger partial charge in [-0.3, -0.25) is 14.4 Å². The fourth-order valence-electron chi connectivity index (χ4n) is 2.57. The zero-order valence-electron chi connectivity index (χ0n) is 19.9. The first-order valence-corrected chi connectivity index (χ1v) is 13.6. The minimum Gasteiger partial charge on any atom is -0.478 e. The maximum absolute atomic E-state index is 12.4. The van der Waals surface area contributed by atoms with Crippen LogP contribution in [0.5, 0.6) is 0 Å². The summed E-state index contributed by atoms with van der Waals surface area (Å²) >= 11 is 5.46. The molecule has 1 aromatic carbocycles. The molecule has 0 bridgehead atoms. The van der Waals surface area contributed by atoms with Gasteiger partial charge in [-0.1, -0.05) is 0 Å². The number of likely N-dealkylation sites (N-methyl/N-ethyl adjacent to an activating group) is 2. The number of amides is 3. The van der Waals surface area contributed by atoms with Gasteiger partial charge in [0, 0.05) is 24.1 Å². The third-order valence-electron chi connectivity index (χ3n) is 4.49. The molecule has 10 N–H and O–H groups in total. The average molecular weight is 866 g/mol. The Balaban J connectivity index is 0.000000845. The van der Waals surface area contributed by atoms with E-state index in [2.05, 4.69) is 21.3 Å². The second-order valence-electron chi connectivity index (χ2n) is 7.27. The first-order valence-electron chi connectivity index (χ1n) is 10.3. The number of carbonyl (C=O) groups is 4. The van der Waals surface area contributed by atoms with Crippen LogP contribution in [0.25, 0.3) is 0 Å². The van der Waals surface area contributed by atoms with Gasteiger partial charge in [0.2, 0.25) is 11.8 Å². The number of carbonyl (C=O) groups excluding carboxylic acids is 3. The fourth-order valence-corrected chi connectivity index (χ4v) is 6.95. The van der Waals surface area contributed by atoms with Crippen molar-refractivity contribution in [1.82, 2.24) is 16.0 Å². The van der Waals surface area contributed by atoms with Crippen molar-refractivity contribution >= 4 is 97.2 Å². The summed E-state index contributed by atoms with van der Waals surface area (Å²) in [5.74, 6) is -2.59. The quantitative estimate of drug-likeness (QED) is 0.112. The van der Waals surface area contributed by atoms with Gasteiger partial charge in [-0.05, 0) is 74.8 Å². The van der Waals surface area contributed by atoms with Gasteiger partial charge in [0.1, 0.15) is 18.3 Å². The van der Waals surface area contributed by atoms with Crippen LogP contribution in [0.1, 0.15) is 27.6 Å². The Morgan fingerprint density at radius 1 is 0.865 bits per heavy atom. The zero-order chi connectivity index (χ0) is 29.0. The zero-order valence-corrected chi connectivity index (χ0v) is 26.4. The summed E-state index contributed by atoms with van der Waals surface area (Å²) in [4.78, 5) is 46.7. The van der Waals surface area contributed by atoms with Gasteiger partial charge < -0.3 is 51.9 Å². The Morgan fingerprint density at radius 2 is 1.38 bits per heavy atom. The van der Waals surface area contributed by atoms with Crippen molar-refractivity contribution in [2.75, 3.05) is 39.1 Å². The predicted molar refractivity (Wildman–Crippen MR) is 157 cm³/mol. The van der Waals surface area contributed by atoms with Crippen LogP contribution in [0.15, 0.2) is 0 Å². The number of nitrogens with one attached hydrogen (secondary N) is 4. The van der Waals surface area contributed by atoms with Crippen LogP contribution in [0.2, 0.25) is 0 Å². The second kappa shape index (κ2) is 17.6. The summed E-state index contributed by atoms with van der Waals surface area (Å²) in [6.07, 6.45) is -5.65. The monoisotopic (exact) mass is 866 g/mol. The summed E-state index contributed by atoms with van der Waals surface area (Å²) < 4.78 is 0.959. The molecule has 0 aromatic heterocycles. The molecule has 0 aliphatic heterocycles. The molecule has 0 saturated heterocycles. The van der Waals surface area contributed by atoms with Crippen molar-refractivity contribution in [3.8, 4) is 0 Å². The van der Waals surface area contributed by atoms with E-state index in [-0.39, 0.29) is 45.3 Å². The lowest BCUT2D eigenvalue weighted by Crippen LogP contribution is -2.48. The topological polar surface area (TPSA) is 238 Å². The number of hydrogen-bond donors (Lipinski definition) is 10. The molecule has 3 amide bonds. The second-order valence-corrected chi connectivity index (χ2v) is 10.5. The van der Waals surface area contributed by atoms with Crippen LogP contribution >= 0.6 is 67.8 Å². The normalized spacial score (nSPS) is 13.8. The van der Waals surface area contributed by atoms with E-state index in [0.29, 0.717) is 7.14 Å². The molecule has 1 rings (SSSR count). The first kappa shape index (κ1) is 36.0. The maximum Gasteiger partial charge on any atom is 0.337 e. The van der Waals surface area contributed by atoms with Crippen LogP contribution in [0, 0.1) is 10.7 Å². The summed E-state index contributed by atoms with van der Waals surface area (Å²) in [6.45, 7) is 0.474. The predicted octanol–water partition coefficient (Wildman–Crippen LogP) is -1.73. The minimum absolute atomic E-state index is 0.0783. The number of carboxylic acid groups (broad SMARTS) is 1. The molecule has 37 heavy (non-hydrogen) atoms. The molecule has 0 heterocycles. The molecule has 0 spiro atoms. The number of hydrogen-bond acceptors (Lipinski definition) is 10. The lowest BCUT2D eigenvalue weighted by atomic mass is 10.0. The minimum atomic E-state index is -1.55. The van der Waals surface area contributed by atoms with Crippen LogP contribution in [0.3, 0.4) is 0 Å². The van der Waals surface area contributed by atoms with Gasteiger partial charge in [0.15, 0.2) is 0 Å². The van der Waals surface area contributed by atoms with E-state index in [1.807, 2.05) is 45.2 Å². The molecule has 14 nitrogen and oxygen atoms in total. The summed E-state index contributed by atoms with van der Waals surface area (Å²) in [6, 6.07) is 0. The Hall–Kier alpha value is -0.950. The first-order chi connectivity index (χ1) is 17.2. The molecule has 0 unspecified atom stereocenters. The van der Waals surface area contributed by atoms with Crippen molar-refractivity contribution in [2.24, 2.45) is 0 Å². The Morgan fingerprint density at radius 3 is 1.81 bits per heavy atom. The van der Waals surface area contributed by atoms with Crippen molar-refractivity contribution in [2.45, 2.75) is 31.3 Å². The lowest BCUT2D eigenvalue weighted by molar-refractivity contribution is -0.119. The average Bonchev–Trinajstić information content (AvgIpc) is 2.83. The van der Waals surface area contributed by atoms with Crippen molar-refractivity contribution in [1.29, 1.82) is 0 Å². The maximum atomic E-state index is 12.4. The smallest absolute Gasteiger partial charge is 0.337 e. The SMILES string of the molecule is CNC(=O)CNC(=O)c1c(I)c(NC(C)=O)c(I)c(C(=O)O)c1I.CNC[C@H](O)[C@@H](O)[C@H](O)[C@H](O)CO. The molecule has 0 aliphatic carbocycles. The Kier molecular flexibility index (Phi) is 17.1. The number of aliphatic hydroxyl groups is 5. The highest BCUT2D eigenvalue weighted by Crippen LogP contribution is 2.35. The molecule has 210 valence electrons. The van der Waals surface area contributed by atoms with Gasteiger partial charge in [-0.15, -0.1) is 0 Å². The van der Waals surface area contributed by atoms with Crippen LogP contribution in [-0.2, 0) is 9.59 Å². The molecule has 0 saturated carbocycles. The Labute approximate surface area is 253 Å². The standard InChI is InChI=1S/C13H12I3N3O5.C7H17NO5/c1-4(20)19-11-9(15)6(12(22)18-3-5(21)17-2)8(14)7(10(11)16)13(23)24;1-8-2-4(10)6(12)7(13)5(11)3-9/h3H2,1-2H3,(H,17,21)(H,18,22)(H,19,20)(H,23,24);4-13H,2-3H2,1H3/t;4-,5+,6+,7+/m.0/s1. The number of carboxylic acids is 1. The highest BCUT2D eigenvalue weighted by atomic mass is 127. The number of benzene rings is 1. The number of halogens is 3. The number of aliphatic hydroxyl groups excluding tert-OH is 5. The molecule has 0 radical (unpaired) electrons. The van der Waals surface area contributed by atoms with E-state index in [9.17, 15) is 29.4 Å². The summed E-state index contributed by atoms with van der Waals surface area (Å²) in [7, 11) is 3.01. The molecule has 0 aliphatic rings. The largest absolute Gasteiger partial charge is 0.478 e. The highest BCUT2D eigenvalue weighted by molar-refractivity contribution is 14.1. The summed E-state index contributed by atoms with van der Waals surface area (Å²) in [5, 5.41) is 64.3. The van der Waals surface area contributed by atoms with E-state index in [0.717, 1.165) is 0 Å². The van der Waals surface area contributed by atoms with Gasteiger partial charge in [0.05, 0.1) is 43.2 Å². The molecule has 4 atom stereocenters. The Bertz CT molecular complexity index is 982. The van der Waals surface area contributed by atoms with Crippen molar-refractivity contribution in [3.63, 3.8) is 0 Å². The van der Waals surface area contributed by atoms with E-state index in [1.54, 1.807) is 29.6 Å². The third kappa shape index (κ3) is 11.0. The van der Waals surface area contributed by atoms with Crippen LogP contribution in [0.4, 0.5) is 5.69 Å². The van der Waals surface area contributed by atoms with E-state index >= 15 is 0 Å². The number of aromatic carboxylic acids is 1. The van der Waals surface area contributed by atoms with Crippen LogP contribution in [-0.4, -0.2) is 113 Å². The highest BCUT2D eigenvalue weighted by Gasteiger charge is 2.30. The molecule has 17 heteroatoms. The third-order valence-corrected chi connectivity index (χ3v) is 7.72. The van der Waals surface area contributed by atoms with Gasteiger partial charge in [-0.25, -0.2) is 4.79 Å². The molecular weight excluding hydrogens is 837 g/mol. The van der Waals surface area contributed by atoms with Gasteiger partial charge in [-0.2, -0.15) is 0 Å². The molecule has 0 fully saturated rings. The lowest BCUT2D eigenvalue weighted by Gasteiger charge is -2.25. The van der Waals surface area contributed by atoms with Crippen LogP contribution < -0.4 is 21.3 Å². The number of rotatable bonds is 11. The van der Waals surface area contributed by atoms with Gasteiger partial charge >= 0.3 is 5.97 Å². The van der Waals surface area contributed by atoms with Crippen molar-refractivity contribution in [3.05, 3.63) is 21.8 Å². The summed E-state index contributed by atoms with van der Waals surface area (Å²) in [5.41, 5.74) is 0.277. The molecular formula is C20H29I3N4O10. The molecule has 1 aromatic rings. The van der Waals surface area contributed by atoms with Crippen molar-refractivity contribution < 1.29 is 49.8 Å².